The zero-order valence-electron chi connectivity index (χ0n) is 17.4. The Hall–Kier alpha value is -2.83. The fourth-order valence-corrected chi connectivity index (χ4v) is 4.90. The van der Waals surface area contributed by atoms with Crippen LogP contribution in [-0.2, 0) is 4.74 Å². The molecule has 0 saturated carbocycles. The molecule has 2 aromatic heterocycles. The maximum Gasteiger partial charge on any atom is 0.161 e. The van der Waals surface area contributed by atoms with Gasteiger partial charge in [-0.3, -0.25) is 9.78 Å². The maximum atomic E-state index is 15.1. The summed E-state index contributed by atoms with van der Waals surface area (Å²) in [7, 11) is 0. The minimum Gasteiger partial charge on any atom is -0.381 e. The summed E-state index contributed by atoms with van der Waals surface area (Å²) in [6, 6.07) is 11.0. The lowest BCUT2D eigenvalue weighted by Gasteiger charge is -2.33. The van der Waals surface area contributed by atoms with E-state index in [1.807, 2.05) is 10.6 Å². The lowest BCUT2D eigenvalue weighted by molar-refractivity contribution is 0.0548. The number of benzene rings is 2. The Bertz CT molecular complexity index is 1350. The monoisotopic (exact) mass is 454 g/mol. The number of pyridine rings is 1. The SMILES string of the molecule is CC(=O)c1cnc2c3cc(F)c(Cl)cc3n(C(c3ccccc3F)C3CCOCC3)c2c1. The lowest BCUT2D eigenvalue weighted by Crippen LogP contribution is -2.27. The van der Waals surface area contributed by atoms with Crippen molar-refractivity contribution >= 4 is 39.3 Å². The quantitative estimate of drug-likeness (QED) is 0.338. The first-order valence-electron chi connectivity index (χ1n) is 10.6. The first kappa shape index (κ1) is 21.0. The highest BCUT2D eigenvalue weighted by molar-refractivity contribution is 6.31. The van der Waals surface area contributed by atoms with Crippen LogP contribution in [0.15, 0.2) is 48.7 Å². The second kappa shape index (κ2) is 8.26. The van der Waals surface area contributed by atoms with Crippen LogP contribution in [0.5, 0.6) is 0 Å². The van der Waals surface area contributed by atoms with Crippen LogP contribution in [0.1, 0.15) is 41.7 Å². The highest BCUT2D eigenvalue weighted by Crippen LogP contribution is 2.42. The van der Waals surface area contributed by atoms with Gasteiger partial charge >= 0.3 is 0 Å². The minimum absolute atomic E-state index is 0.0207. The molecule has 1 aliphatic heterocycles. The Morgan fingerprint density at radius 3 is 2.59 bits per heavy atom. The summed E-state index contributed by atoms with van der Waals surface area (Å²) < 4.78 is 37.1. The Kier molecular flexibility index (Phi) is 5.43. The summed E-state index contributed by atoms with van der Waals surface area (Å²) in [5, 5.41) is 0.554. The van der Waals surface area contributed by atoms with Crippen molar-refractivity contribution in [1.82, 2.24) is 9.55 Å². The number of hydrogen-bond acceptors (Lipinski definition) is 3. The summed E-state index contributed by atoms with van der Waals surface area (Å²) in [5.74, 6) is -0.926. The van der Waals surface area contributed by atoms with Crippen molar-refractivity contribution in [3.63, 3.8) is 0 Å². The second-order valence-electron chi connectivity index (χ2n) is 8.22. The standard InChI is InChI=1S/C25H21ClF2N2O2/c1-14(31)16-10-23-24(29-13-16)18-11-21(28)19(26)12-22(18)30(23)25(15-6-8-32-9-7-15)17-4-2-3-5-20(17)27/h2-5,10-13,15,25H,6-9H2,1H3. The molecule has 0 spiro atoms. The van der Waals surface area contributed by atoms with Crippen molar-refractivity contribution in [1.29, 1.82) is 0 Å². The lowest BCUT2D eigenvalue weighted by atomic mass is 9.86. The fraction of sp³-hybridized carbons (Fsp3) is 0.280. The molecule has 0 amide bonds. The molecular formula is C25H21ClF2N2O2. The van der Waals surface area contributed by atoms with E-state index in [9.17, 15) is 9.18 Å². The predicted octanol–water partition coefficient (Wildman–Crippen LogP) is 6.34. The van der Waals surface area contributed by atoms with Crippen LogP contribution >= 0.6 is 11.6 Å². The fourth-order valence-electron chi connectivity index (χ4n) is 4.74. The first-order chi connectivity index (χ1) is 15.5. The van der Waals surface area contributed by atoms with Crippen LogP contribution in [0.3, 0.4) is 0 Å². The van der Waals surface area contributed by atoms with Gasteiger partial charge in [-0.1, -0.05) is 29.8 Å². The Labute approximate surface area is 188 Å². The molecule has 1 unspecified atom stereocenters. The third-order valence-corrected chi connectivity index (χ3v) is 6.59. The molecule has 4 aromatic rings. The molecule has 4 nitrogen and oxygen atoms in total. The van der Waals surface area contributed by atoms with Crippen molar-refractivity contribution in [2.75, 3.05) is 13.2 Å². The summed E-state index contributed by atoms with van der Waals surface area (Å²) >= 11 is 6.18. The van der Waals surface area contributed by atoms with Crippen molar-refractivity contribution in [2.24, 2.45) is 5.92 Å². The van der Waals surface area contributed by atoms with Crippen molar-refractivity contribution in [3.05, 3.63) is 76.4 Å². The number of carbonyl (C=O) groups is 1. The van der Waals surface area contributed by atoms with E-state index < -0.39 is 11.9 Å². The molecular weight excluding hydrogens is 434 g/mol. The number of rotatable bonds is 4. The van der Waals surface area contributed by atoms with Gasteiger partial charge in [0.15, 0.2) is 5.78 Å². The van der Waals surface area contributed by atoms with E-state index in [2.05, 4.69) is 4.98 Å². The number of aromatic nitrogens is 2. The van der Waals surface area contributed by atoms with Gasteiger partial charge in [0.05, 0.1) is 27.6 Å². The van der Waals surface area contributed by atoms with Gasteiger partial charge in [0.25, 0.3) is 0 Å². The van der Waals surface area contributed by atoms with Gasteiger partial charge < -0.3 is 9.30 Å². The summed E-state index contributed by atoms with van der Waals surface area (Å²) in [5.41, 5.74) is 2.82. The molecule has 5 rings (SSSR count). The molecule has 1 atom stereocenters. The second-order valence-corrected chi connectivity index (χ2v) is 8.62. The molecule has 3 heterocycles. The molecule has 1 aliphatic rings. The third-order valence-electron chi connectivity index (χ3n) is 6.30. The molecule has 1 saturated heterocycles. The van der Waals surface area contributed by atoms with Crippen LogP contribution < -0.4 is 0 Å². The van der Waals surface area contributed by atoms with Crippen LogP contribution in [0.2, 0.25) is 5.02 Å². The number of halogens is 3. The Balaban J connectivity index is 1.89. The average molecular weight is 455 g/mol. The maximum absolute atomic E-state index is 15.1. The molecule has 1 fully saturated rings. The highest BCUT2D eigenvalue weighted by atomic mass is 35.5. The summed E-state index contributed by atoms with van der Waals surface area (Å²) in [6.07, 6.45) is 2.98. The Morgan fingerprint density at radius 2 is 1.88 bits per heavy atom. The van der Waals surface area contributed by atoms with E-state index in [0.717, 1.165) is 12.8 Å². The number of ketones is 1. The predicted molar refractivity (Wildman–Crippen MR) is 120 cm³/mol. The van der Waals surface area contributed by atoms with Crippen LogP contribution in [0.4, 0.5) is 8.78 Å². The molecule has 32 heavy (non-hydrogen) atoms. The van der Waals surface area contributed by atoms with Crippen molar-refractivity contribution in [2.45, 2.75) is 25.8 Å². The van der Waals surface area contributed by atoms with Crippen molar-refractivity contribution in [3.8, 4) is 0 Å². The van der Waals surface area contributed by atoms with Gasteiger partial charge in [0.2, 0.25) is 0 Å². The molecule has 164 valence electrons. The third kappa shape index (κ3) is 3.48. The van der Waals surface area contributed by atoms with E-state index in [0.29, 0.717) is 46.3 Å². The number of ether oxygens (including phenoxy) is 1. The normalized spacial score (nSPS) is 16.0. The molecule has 0 bridgehead atoms. The first-order valence-corrected chi connectivity index (χ1v) is 11.0. The Morgan fingerprint density at radius 1 is 1.12 bits per heavy atom. The number of hydrogen-bond donors (Lipinski definition) is 0. The van der Waals surface area contributed by atoms with E-state index >= 15 is 4.39 Å². The van der Waals surface area contributed by atoms with E-state index in [-0.39, 0.29) is 22.5 Å². The molecule has 0 N–H and O–H groups in total. The number of carbonyl (C=O) groups excluding carboxylic acids is 1. The van der Waals surface area contributed by atoms with E-state index in [1.165, 1.54) is 25.3 Å². The smallest absolute Gasteiger partial charge is 0.161 e. The largest absolute Gasteiger partial charge is 0.381 e. The zero-order chi connectivity index (χ0) is 22.4. The number of fused-ring (bicyclic) bond motifs is 3. The zero-order valence-corrected chi connectivity index (χ0v) is 18.2. The minimum atomic E-state index is -0.552. The van der Waals surface area contributed by atoms with Crippen LogP contribution in [0.25, 0.3) is 21.9 Å². The summed E-state index contributed by atoms with van der Waals surface area (Å²) in [4.78, 5) is 16.6. The van der Waals surface area contributed by atoms with Crippen molar-refractivity contribution < 1.29 is 18.3 Å². The molecule has 0 radical (unpaired) electrons. The van der Waals surface area contributed by atoms with Gasteiger partial charge in [-0.05, 0) is 49.9 Å². The number of Topliss-reactive ketones (excluding diaryl/α,β-unsaturated/α-hetero) is 1. The molecule has 0 aliphatic carbocycles. The topological polar surface area (TPSA) is 44.1 Å². The summed E-state index contributed by atoms with van der Waals surface area (Å²) in [6.45, 7) is 2.64. The highest BCUT2D eigenvalue weighted by Gasteiger charge is 2.32. The van der Waals surface area contributed by atoms with E-state index in [1.54, 1.807) is 24.3 Å². The average Bonchev–Trinajstić information content (AvgIpc) is 3.09. The van der Waals surface area contributed by atoms with Gasteiger partial charge in [-0.25, -0.2) is 8.78 Å². The van der Waals surface area contributed by atoms with E-state index in [4.69, 9.17) is 16.3 Å². The molecule has 2 aromatic carbocycles. The van der Waals surface area contributed by atoms with Crippen LogP contribution in [0, 0.1) is 17.6 Å². The van der Waals surface area contributed by atoms with Gasteiger partial charge in [0, 0.05) is 35.9 Å². The van der Waals surface area contributed by atoms with Gasteiger partial charge in [-0.15, -0.1) is 0 Å². The van der Waals surface area contributed by atoms with Gasteiger partial charge in [0.1, 0.15) is 11.6 Å². The molecule has 7 heteroatoms. The van der Waals surface area contributed by atoms with Crippen LogP contribution in [-0.4, -0.2) is 28.5 Å². The van der Waals surface area contributed by atoms with Gasteiger partial charge in [-0.2, -0.15) is 0 Å². The number of nitrogens with zero attached hydrogens (tertiary/aromatic N) is 2.